The molecule has 8 heteroatoms. The third-order valence-electron chi connectivity index (χ3n) is 2.88. The molecule has 0 saturated heterocycles. The first kappa shape index (κ1) is 17.9. The van der Waals surface area contributed by atoms with Crippen molar-refractivity contribution >= 4 is 23.2 Å². The lowest BCUT2D eigenvalue weighted by atomic mass is 10.2. The number of benzene rings is 2. The number of hydrogen-bond acceptors (Lipinski definition) is 3. The summed E-state index contributed by atoms with van der Waals surface area (Å²) in [5, 5.41) is 2.85. The van der Waals surface area contributed by atoms with Crippen molar-refractivity contribution in [1.82, 2.24) is 0 Å². The van der Waals surface area contributed by atoms with E-state index in [0.29, 0.717) is 10.8 Å². The van der Waals surface area contributed by atoms with Crippen LogP contribution in [-0.4, -0.2) is 18.9 Å². The van der Waals surface area contributed by atoms with Crippen molar-refractivity contribution in [2.75, 3.05) is 11.9 Å². The van der Waals surface area contributed by atoms with Crippen LogP contribution < -0.4 is 14.8 Å². The largest absolute Gasteiger partial charge is 0.573 e. The number of rotatable bonds is 5. The molecule has 0 saturated carbocycles. The minimum atomic E-state index is -4.85. The molecule has 128 valence electrons. The van der Waals surface area contributed by atoms with Crippen molar-refractivity contribution in [2.24, 2.45) is 0 Å². The third-order valence-corrected chi connectivity index (χ3v) is 3.12. The molecule has 1 N–H and O–H groups in total. The Labute approximate surface area is 141 Å². The Bertz CT molecular complexity index is 735. The van der Waals surface area contributed by atoms with Gasteiger partial charge in [-0.1, -0.05) is 23.7 Å². The van der Waals surface area contributed by atoms with Crippen LogP contribution in [0, 0.1) is 6.92 Å². The smallest absolute Gasteiger partial charge is 0.483 e. The van der Waals surface area contributed by atoms with E-state index in [0.717, 1.165) is 11.6 Å². The molecule has 2 aromatic carbocycles. The predicted octanol–water partition coefficient (Wildman–Crippen LogP) is 4.56. The van der Waals surface area contributed by atoms with E-state index in [1.807, 2.05) is 0 Å². The zero-order valence-corrected chi connectivity index (χ0v) is 13.2. The minimum absolute atomic E-state index is 0.101. The Morgan fingerprint density at radius 3 is 2.54 bits per heavy atom. The van der Waals surface area contributed by atoms with E-state index in [1.54, 1.807) is 25.1 Å². The Morgan fingerprint density at radius 1 is 1.17 bits per heavy atom. The van der Waals surface area contributed by atoms with E-state index < -0.39 is 18.0 Å². The molecule has 2 rings (SSSR count). The zero-order valence-electron chi connectivity index (χ0n) is 12.5. The number of carbonyl (C=O) groups is 1. The number of halogens is 4. The van der Waals surface area contributed by atoms with E-state index in [1.165, 1.54) is 18.2 Å². The number of amides is 1. The van der Waals surface area contributed by atoms with Crippen molar-refractivity contribution in [3.05, 3.63) is 53.1 Å². The fourth-order valence-electron chi connectivity index (χ4n) is 1.89. The number of anilines is 1. The van der Waals surface area contributed by atoms with Gasteiger partial charge in [0.2, 0.25) is 0 Å². The summed E-state index contributed by atoms with van der Waals surface area (Å²) in [6.45, 7) is 1.38. The quantitative estimate of drug-likeness (QED) is 0.851. The highest BCUT2D eigenvalue weighted by atomic mass is 35.5. The zero-order chi connectivity index (χ0) is 17.7. The van der Waals surface area contributed by atoms with Gasteiger partial charge >= 0.3 is 6.36 Å². The summed E-state index contributed by atoms with van der Waals surface area (Å²) in [5.41, 5.74) is 0.632. The highest BCUT2D eigenvalue weighted by Crippen LogP contribution is 2.30. The van der Waals surface area contributed by atoms with E-state index in [9.17, 15) is 18.0 Å². The van der Waals surface area contributed by atoms with Gasteiger partial charge in [0.05, 0.1) is 5.69 Å². The van der Waals surface area contributed by atoms with Crippen LogP contribution in [0.1, 0.15) is 5.56 Å². The van der Waals surface area contributed by atoms with Gasteiger partial charge in [0.15, 0.2) is 12.4 Å². The van der Waals surface area contributed by atoms with E-state index in [-0.39, 0.29) is 12.3 Å². The number of para-hydroxylation sites is 2. The molecule has 0 aromatic heterocycles. The van der Waals surface area contributed by atoms with E-state index in [4.69, 9.17) is 16.3 Å². The Balaban J connectivity index is 2.00. The molecule has 24 heavy (non-hydrogen) atoms. The molecule has 0 spiro atoms. The maximum atomic E-state index is 12.3. The highest BCUT2D eigenvalue weighted by Gasteiger charge is 2.32. The summed E-state index contributed by atoms with van der Waals surface area (Å²) in [5.74, 6) is -0.669. The molecule has 0 fully saturated rings. The molecule has 0 bridgehead atoms. The number of hydrogen-bond donors (Lipinski definition) is 1. The molecule has 0 aliphatic heterocycles. The molecule has 2 aromatic rings. The average Bonchev–Trinajstić information content (AvgIpc) is 2.47. The van der Waals surface area contributed by atoms with Crippen molar-refractivity contribution in [2.45, 2.75) is 13.3 Å². The van der Waals surface area contributed by atoms with Crippen LogP contribution in [-0.2, 0) is 4.79 Å². The maximum absolute atomic E-state index is 12.3. The second-order valence-corrected chi connectivity index (χ2v) is 5.23. The first-order chi connectivity index (χ1) is 11.2. The van der Waals surface area contributed by atoms with Gasteiger partial charge in [-0.05, 0) is 42.8 Å². The van der Waals surface area contributed by atoms with Gasteiger partial charge < -0.3 is 14.8 Å². The van der Waals surface area contributed by atoms with Crippen LogP contribution >= 0.6 is 11.6 Å². The molecule has 4 nitrogen and oxygen atoms in total. The fraction of sp³-hybridized carbons (Fsp3) is 0.188. The van der Waals surface area contributed by atoms with Crippen LogP contribution in [0.4, 0.5) is 18.9 Å². The lowest BCUT2D eigenvalue weighted by molar-refractivity contribution is -0.274. The van der Waals surface area contributed by atoms with Gasteiger partial charge in [0, 0.05) is 5.02 Å². The molecule has 1 amide bonds. The summed E-state index contributed by atoms with van der Waals surface area (Å²) in [4.78, 5) is 11.9. The summed E-state index contributed by atoms with van der Waals surface area (Å²) < 4.78 is 46.2. The summed E-state index contributed by atoms with van der Waals surface area (Å²) in [7, 11) is 0. The van der Waals surface area contributed by atoms with E-state index >= 15 is 0 Å². The lowest BCUT2D eigenvalue weighted by Crippen LogP contribution is -2.22. The topological polar surface area (TPSA) is 47.6 Å². The number of alkyl halides is 3. The highest BCUT2D eigenvalue weighted by molar-refractivity contribution is 6.30. The molecule has 0 atom stereocenters. The number of carbonyl (C=O) groups excluding carboxylic acids is 1. The molecular weight excluding hydrogens is 347 g/mol. The molecule has 0 heterocycles. The van der Waals surface area contributed by atoms with Crippen LogP contribution in [0.2, 0.25) is 5.02 Å². The number of ether oxygens (including phenoxy) is 2. The summed E-state index contributed by atoms with van der Waals surface area (Å²) >= 11 is 5.82. The van der Waals surface area contributed by atoms with Gasteiger partial charge in [-0.3, -0.25) is 4.79 Å². The van der Waals surface area contributed by atoms with Gasteiger partial charge in [0.25, 0.3) is 5.91 Å². The molecule has 0 aliphatic carbocycles. The SMILES string of the molecule is Cc1cc(Cl)ccc1OCC(=O)Nc1ccccc1OC(F)(F)F. The van der Waals surface area contributed by atoms with Gasteiger partial charge in [-0.15, -0.1) is 13.2 Å². The Hall–Kier alpha value is -2.41. The Kier molecular flexibility index (Phi) is 5.56. The van der Waals surface area contributed by atoms with Gasteiger partial charge in [-0.2, -0.15) is 0 Å². The Morgan fingerprint density at radius 2 is 1.88 bits per heavy atom. The van der Waals surface area contributed by atoms with Crippen molar-refractivity contribution < 1.29 is 27.4 Å². The van der Waals surface area contributed by atoms with Crippen LogP contribution in [0.25, 0.3) is 0 Å². The average molecular weight is 360 g/mol. The van der Waals surface area contributed by atoms with Crippen molar-refractivity contribution in [3.63, 3.8) is 0 Å². The monoisotopic (exact) mass is 359 g/mol. The second kappa shape index (κ2) is 7.44. The predicted molar refractivity (Wildman–Crippen MR) is 83.4 cm³/mol. The van der Waals surface area contributed by atoms with Crippen molar-refractivity contribution in [3.8, 4) is 11.5 Å². The number of aryl methyl sites for hydroxylation is 1. The first-order valence-corrected chi connectivity index (χ1v) is 7.16. The standard InChI is InChI=1S/C16H13ClF3NO3/c1-10-8-11(17)6-7-13(10)23-9-15(22)21-12-4-2-3-5-14(12)24-16(18,19)20/h2-8H,9H2,1H3,(H,21,22). The van der Waals surface area contributed by atoms with Crippen LogP contribution in [0.5, 0.6) is 11.5 Å². The van der Waals surface area contributed by atoms with Crippen LogP contribution in [0.3, 0.4) is 0 Å². The van der Waals surface area contributed by atoms with Crippen LogP contribution in [0.15, 0.2) is 42.5 Å². The minimum Gasteiger partial charge on any atom is -0.483 e. The summed E-state index contributed by atoms with van der Waals surface area (Å²) in [6, 6.07) is 10.1. The molecule has 0 unspecified atom stereocenters. The number of nitrogens with one attached hydrogen (secondary N) is 1. The maximum Gasteiger partial charge on any atom is 0.573 e. The lowest BCUT2D eigenvalue weighted by Gasteiger charge is -2.14. The van der Waals surface area contributed by atoms with E-state index in [2.05, 4.69) is 10.1 Å². The normalized spacial score (nSPS) is 11.0. The molecule has 0 radical (unpaired) electrons. The van der Waals surface area contributed by atoms with Crippen molar-refractivity contribution in [1.29, 1.82) is 0 Å². The molecular formula is C16H13ClF3NO3. The van der Waals surface area contributed by atoms with Gasteiger partial charge in [-0.25, -0.2) is 0 Å². The first-order valence-electron chi connectivity index (χ1n) is 6.78. The summed E-state index contributed by atoms with van der Waals surface area (Å²) in [6.07, 6.45) is -4.85. The second-order valence-electron chi connectivity index (χ2n) is 4.79. The third kappa shape index (κ3) is 5.34. The fourth-order valence-corrected chi connectivity index (χ4v) is 2.11. The van der Waals surface area contributed by atoms with Gasteiger partial charge in [0.1, 0.15) is 5.75 Å². The molecule has 0 aliphatic rings.